The molecule has 1 aliphatic rings. The van der Waals surface area contributed by atoms with Gasteiger partial charge in [-0.2, -0.15) is 0 Å². The first kappa shape index (κ1) is 19.4. The van der Waals surface area contributed by atoms with Crippen LogP contribution in [0.25, 0.3) is 0 Å². The highest BCUT2D eigenvalue weighted by atomic mass is 35.5. The number of nitrogens with zero attached hydrogens (tertiary/aromatic N) is 1. The molecular weight excluding hydrogens is 318 g/mol. The largest absolute Gasteiger partial charge is 0.349 e. The maximum absolute atomic E-state index is 12.3. The number of amides is 1. The third-order valence-corrected chi connectivity index (χ3v) is 3.94. The maximum atomic E-state index is 12.3. The van der Waals surface area contributed by atoms with E-state index < -0.39 is 4.92 Å². The quantitative estimate of drug-likeness (QED) is 0.654. The minimum atomic E-state index is -0.415. The molecule has 128 valence electrons. The highest BCUT2D eigenvalue weighted by Crippen LogP contribution is 2.31. The van der Waals surface area contributed by atoms with Crippen molar-refractivity contribution in [2.45, 2.75) is 45.1 Å². The Bertz CT molecular complexity index is 578. The fraction of sp³-hybridized carbons (Fsp3) is 0.562. The Morgan fingerprint density at radius 3 is 2.43 bits per heavy atom. The van der Waals surface area contributed by atoms with Gasteiger partial charge < -0.3 is 10.6 Å². The van der Waals surface area contributed by atoms with Gasteiger partial charge in [-0.3, -0.25) is 14.9 Å². The van der Waals surface area contributed by atoms with E-state index in [2.05, 4.69) is 10.6 Å². The molecule has 2 rings (SSSR count). The summed E-state index contributed by atoms with van der Waals surface area (Å²) in [6, 6.07) is 4.88. The van der Waals surface area contributed by atoms with Gasteiger partial charge in [0.2, 0.25) is 0 Å². The Morgan fingerprint density at radius 2 is 1.91 bits per heavy atom. The lowest BCUT2D eigenvalue weighted by Gasteiger charge is -2.24. The van der Waals surface area contributed by atoms with Gasteiger partial charge in [0.1, 0.15) is 0 Å². The summed E-state index contributed by atoms with van der Waals surface area (Å²) in [4.78, 5) is 23.2. The summed E-state index contributed by atoms with van der Waals surface area (Å²) < 4.78 is 0. The van der Waals surface area contributed by atoms with E-state index in [0.29, 0.717) is 11.1 Å². The molecule has 2 N–H and O–H groups in total. The minimum absolute atomic E-state index is 0. The summed E-state index contributed by atoms with van der Waals surface area (Å²) >= 11 is 0. The predicted octanol–water partition coefficient (Wildman–Crippen LogP) is 2.80. The fourth-order valence-corrected chi connectivity index (χ4v) is 2.69. The van der Waals surface area contributed by atoms with Gasteiger partial charge in [0.25, 0.3) is 11.6 Å². The van der Waals surface area contributed by atoms with Crippen molar-refractivity contribution in [3.8, 4) is 0 Å². The molecule has 0 aromatic heterocycles. The minimum Gasteiger partial charge on any atom is -0.349 e. The van der Waals surface area contributed by atoms with Gasteiger partial charge in [-0.25, -0.2) is 0 Å². The average Bonchev–Trinajstić information content (AvgIpc) is 2.46. The van der Waals surface area contributed by atoms with Crippen LogP contribution in [0.3, 0.4) is 0 Å². The Balaban J connectivity index is 0.00000264. The summed E-state index contributed by atoms with van der Waals surface area (Å²) in [6.07, 6.45) is 1.77. The van der Waals surface area contributed by atoms with E-state index in [0.717, 1.165) is 25.9 Å². The number of hydrogen-bond acceptors (Lipinski definition) is 4. The molecule has 0 spiro atoms. The Labute approximate surface area is 142 Å². The van der Waals surface area contributed by atoms with Crippen molar-refractivity contribution in [2.75, 3.05) is 13.1 Å². The van der Waals surface area contributed by atoms with Crippen molar-refractivity contribution in [3.05, 3.63) is 39.4 Å². The molecule has 23 heavy (non-hydrogen) atoms. The van der Waals surface area contributed by atoms with E-state index in [1.54, 1.807) is 12.1 Å². The molecule has 1 saturated heterocycles. The molecule has 1 aromatic rings. The van der Waals surface area contributed by atoms with E-state index in [1.807, 2.05) is 20.8 Å². The molecule has 1 fully saturated rings. The zero-order valence-corrected chi connectivity index (χ0v) is 14.5. The van der Waals surface area contributed by atoms with Gasteiger partial charge in [0.05, 0.1) is 4.92 Å². The van der Waals surface area contributed by atoms with Crippen molar-refractivity contribution in [1.82, 2.24) is 10.6 Å². The van der Waals surface area contributed by atoms with E-state index in [-0.39, 0.29) is 35.5 Å². The lowest BCUT2D eigenvalue weighted by molar-refractivity contribution is -0.386. The topological polar surface area (TPSA) is 84.3 Å². The number of nitro groups is 1. The normalized spacial score (nSPS) is 15.6. The first-order chi connectivity index (χ1) is 10.3. The van der Waals surface area contributed by atoms with Crippen LogP contribution in [-0.4, -0.2) is 30.0 Å². The summed E-state index contributed by atoms with van der Waals surface area (Å²) in [7, 11) is 0. The smallest absolute Gasteiger partial charge is 0.273 e. The van der Waals surface area contributed by atoms with Gasteiger partial charge in [0.15, 0.2) is 0 Å². The summed E-state index contributed by atoms with van der Waals surface area (Å²) in [5.74, 6) is -0.240. The monoisotopic (exact) mass is 341 g/mol. The summed E-state index contributed by atoms with van der Waals surface area (Å²) in [6.45, 7) is 7.53. The van der Waals surface area contributed by atoms with Crippen LogP contribution in [0.1, 0.15) is 49.5 Å². The molecule has 1 heterocycles. The van der Waals surface area contributed by atoms with Crippen LogP contribution in [0.15, 0.2) is 18.2 Å². The standard InChI is InChI=1S/C16H23N3O3.ClH/c1-16(2,3)13-5-4-11(10-14(13)19(21)22)15(20)18-12-6-8-17-9-7-12;/h4-5,10,12,17H,6-9H2,1-3H3,(H,18,20);1H. The second-order valence-corrected chi connectivity index (χ2v) is 6.74. The molecule has 1 amide bonds. The van der Waals surface area contributed by atoms with E-state index in [9.17, 15) is 14.9 Å². The Hall–Kier alpha value is -1.66. The number of hydrogen-bond donors (Lipinski definition) is 2. The lowest BCUT2D eigenvalue weighted by atomic mass is 9.85. The van der Waals surface area contributed by atoms with Crippen molar-refractivity contribution < 1.29 is 9.72 Å². The number of carbonyl (C=O) groups is 1. The number of nitrogens with one attached hydrogen (secondary N) is 2. The van der Waals surface area contributed by atoms with Crippen LogP contribution < -0.4 is 10.6 Å². The molecule has 6 nitrogen and oxygen atoms in total. The maximum Gasteiger partial charge on any atom is 0.273 e. The molecule has 1 aromatic carbocycles. The molecule has 1 aliphatic heterocycles. The zero-order valence-electron chi connectivity index (χ0n) is 13.7. The predicted molar refractivity (Wildman–Crippen MR) is 92.4 cm³/mol. The Kier molecular flexibility index (Phi) is 6.53. The zero-order chi connectivity index (χ0) is 16.3. The van der Waals surface area contributed by atoms with Crippen molar-refractivity contribution in [3.63, 3.8) is 0 Å². The third-order valence-electron chi connectivity index (χ3n) is 3.94. The van der Waals surface area contributed by atoms with Crippen molar-refractivity contribution in [2.24, 2.45) is 0 Å². The molecule has 0 bridgehead atoms. The fourth-order valence-electron chi connectivity index (χ4n) is 2.69. The molecule has 7 heteroatoms. The van der Waals surface area contributed by atoms with Crippen LogP contribution in [0.2, 0.25) is 0 Å². The van der Waals surface area contributed by atoms with Gasteiger partial charge in [-0.15, -0.1) is 12.4 Å². The molecule has 0 radical (unpaired) electrons. The molecule has 0 aliphatic carbocycles. The second kappa shape index (κ2) is 7.75. The van der Waals surface area contributed by atoms with Crippen LogP contribution in [0, 0.1) is 10.1 Å². The number of benzene rings is 1. The van der Waals surface area contributed by atoms with Gasteiger partial charge >= 0.3 is 0 Å². The van der Waals surface area contributed by atoms with E-state index in [1.165, 1.54) is 6.07 Å². The summed E-state index contributed by atoms with van der Waals surface area (Å²) in [5.41, 5.74) is 0.645. The van der Waals surface area contributed by atoms with Crippen LogP contribution >= 0.6 is 12.4 Å². The van der Waals surface area contributed by atoms with Crippen molar-refractivity contribution >= 4 is 24.0 Å². The third kappa shape index (κ3) is 4.91. The number of rotatable bonds is 3. The van der Waals surface area contributed by atoms with Gasteiger partial charge in [-0.05, 0) is 37.4 Å². The second-order valence-electron chi connectivity index (χ2n) is 6.74. The van der Waals surface area contributed by atoms with Gasteiger partial charge in [0, 0.05) is 23.2 Å². The molecular formula is C16H24ClN3O3. The van der Waals surface area contributed by atoms with E-state index >= 15 is 0 Å². The van der Waals surface area contributed by atoms with E-state index in [4.69, 9.17) is 0 Å². The first-order valence-electron chi connectivity index (χ1n) is 7.59. The average molecular weight is 342 g/mol. The molecule has 0 atom stereocenters. The Morgan fingerprint density at radius 1 is 1.30 bits per heavy atom. The van der Waals surface area contributed by atoms with Gasteiger partial charge in [-0.1, -0.05) is 26.8 Å². The highest BCUT2D eigenvalue weighted by Gasteiger charge is 2.26. The number of piperidine rings is 1. The lowest BCUT2D eigenvalue weighted by Crippen LogP contribution is -2.42. The summed E-state index contributed by atoms with van der Waals surface area (Å²) in [5, 5.41) is 17.5. The van der Waals surface area contributed by atoms with Crippen LogP contribution in [-0.2, 0) is 5.41 Å². The molecule has 0 saturated carbocycles. The number of carbonyl (C=O) groups excluding carboxylic acids is 1. The van der Waals surface area contributed by atoms with Crippen LogP contribution in [0.4, 0.5) is 5.69 Å². The van der Waals surface area contributed by atoms with Crippen molar-refractivity contribution in [1.29, 1.82) is 0 Å². The van der Waals surface area contributed by atoms with Crippen LogP contribution in [0.5, 0.6) is 0 Å². The number of halogens is 1. The first-order valence-corrected chi connectivity index (χ1v) is 7.59. The SMILES string of the molecule is CC(C)(C)c1ccc(C(=O)NC2CCNCC2)cc1[N+](=O)[O-].Cl. The number of nitro benzene ring substituents is 1. The molecule has 0 unspecified atom stereocenters. The highest BCUT2D eigenvalue weighted by molar-refractivity contribution is 5.95.